The number of alkyl halides is 6. The van der Waals surface area contributed by atoms with Crippen LogP contribution < -0.4 is 4.74 Å². The molecule has 1 N–H and O–H groups in total. The number of benzene rings is 1. The van der Waals surface area contributed by atoms with Crippen molar-refractivity contribution >= 4 is 5.97 Å². The van der Waals surface area contributed by atoms with Crippen molar-refractivity contribution in [2.24, 2.45) is 0 Å². The van der Waals surface area contributed by atoms with Crippen LogP contribution in [0, 0.1) is 0 Å². The summed E-state index contributed by atoms with van der Waals surface area (Å²) in [5.74, 6) is -3.13. The van der Waals surface area contributed by atoms with Gasteiger partial charge in [0.2, 0.25) is 0 Å². The first kappa shape index (κ1) is 17.1. The van der Waals surface area contributed by atoms with Crippen molar-refractivity contribution in [1.29, 1.82) is 0 Å². The number of aliphatic carboxylic acids is 1. The number of carbonyl (C=O) groups is 1. The number of ether oxygens (including phenoxy) is 2. The summed E-state index contributed by atoms with van der Waals surface area (Å²) in [4.78, 5) is 11.0. The van der Waals surface area contributed by atoms with Gasteiger partial charge in [-0.1, -0.05) is 12.1 Å². The van der Waals surface area contributed by atoms with Crippen LogP contribution in [0.1, 0.15) is 5.56 Å². The molecule has 21 heavy (non-hydrogen) atoms. The Morgan fingerprint density at radius 3 is 1.81 bits per heavy atom. The zero-order valence-corrected chi connectivity index (χ0v) is 10.2. The Balaban J connectivity index is 3.26. The topological polar surface area (TPSA) is 55.8 Å². The highest BCUT2D eigenvalue weighted by atomic mass is 19.4. The molecule has 0 heterocycles. The third kappa shape index (κ3) is 3.38. The first-order valence-electron chi connectivity index (χ1n) is 5.15. The third-order valence-electron chi connectivity index (χ3n) is 2.50. The van der Waals surface area contributed by atoms with E-state index < -0.39 is 35.4 Å². The Bertz CT molecular complexity index is 507. The van der Waals surface area contributed by atoms with Gasteiger partial charge in [0.15, 0.2) is 0 Å². The molecule has 0 radical (unpaired) electrons. The Morgan fingerprint density at radius 1 is 1.05 bits per heavy atom. The number of methoxy groups -OCH3 is 1. The lowest BCUT2D eigenvalue weighted by atomic mass is 9.93. The second-order valence-electron chi connectivity index (χ2n) is 3.76. The number of carboxylic acid groups (broad SMARTS) is 1. The summed E-state index contributed by atoms with van der Waals surface area (Å²) >= 11 is 0. The lowest BCUT2D eigenvalue weighted by Gasteiger charge is -2.30. The van der Waals surface area contributed by atoms with Gasteiger partial charge in [-0.2, -0.15) is 13.2 Å². The van der Waals surface area contributed by atoms with E-state index in [1.807, 2.05) is 0 Å². The lowest BCUT2D eigenvalue weighted by Crippen LogP contribution is -2.50. The van der Waals surface area contributed by atoms with Crippen molar-refractivity contribution in [3.8, 4) is 5.75 Å². The van der Waals surface area contributed by atoms with E-state index in [9.17, 15) is 31.1 Å². The highest BCUT2D eigenvalue weighted by Gasteiger charge is 2.63. The summed E-state index contributed by atoms with van der Waals surface area (Å²) < 4.78 is 82.3. The molecule has 1 atom stereocenters. The van der Waals surface area contributed by atoms with E-state index in [0.717, 1.165) is 0 Å². The van der Waals surface area contributed by atoms with E-state index in [2.05, 4.69) is 9.47 Å². The molecule has 0 amide bonds. The minimum absolute atomic E-state index is 0.529. The first-order chi connectivity index (χ1) is 9.44. The molecule has 10 heteroatoms. The molecule has 118 valence electrons. The molecular formula is C11H8F6O4. The van der Waals surface area contributed by atoms with Crippen LogP contribution in [-0.4, -0.2) is 30.7 Å². The molecule has 0 bridgehead atoms. The van der Waals surface area contributed by atoms with Gasteiger partial charge in [-0.25, -0.2) is 4.79 Å². The molecule has 0 aromatic heterocycles. The molecule has 0 saturated heterocycles. The van der Waals surface area contributed by atoms with Crippen molar-refractivity contribution < 1.29 is 45.7 Å². The average Bonchev–Trinajstić information content (AvgIpc) is 2.28. The predicted octanol–water partition coefficient (Wildman–Crippen LogP) is 3.07. The monoisotopic (exact) mass is 318 g/mol. The van der Waals surface area contributed by atoms with Gasteiger partial charge in [-0.15, -0.1) is 13.2 Å². The standard InChI is InChI=1S/C11H8F6O4/c1-20-9(8(18)19,10(12,13)14)6-2-4-7(5-3-6)21-11(15,16)17/h2-5H,1H3,(H,18,19). The molecule has 1 rings (SSSR count). The summed E-state index contributed by atoms with van der Waals surface area (Å²) in [5.41, 5.74) is -4.57. The fourth-order valence-electron chi connectivity index (χ4n) is 1.62. The fraction of sp³-hybridized carbons (Fsp3) is 0.364. The van der Waals surface area contributed by atoms with Crippen LogP contribution in [0.4, 0.5) is 26.3 Å². The van der Waals surface area contributed by atoms with E-state index in [0.29, 0.717) is 31.4 Å². The summed E-state index contributed by atoms with van der Waals surface area (Å²) in [6.45, 7) is 0. The van der Waals surface area contributed by atoms with Crippen molar-refractivity contribution in [1.82, 2.24) is 0 Å². The molecular weight excluding hydrogens is 310 g/mol. The van der Waals surface area contributed by atoms with Gasteiger partial charge in [0.1, 0.15) is 5.75 Å². The molecule has 0 spiro atoms. The van der Waals surface area contributed by atoms with Gasteiger partial charge in [0.05, 0.1) is 0 Å². The quantitative estimate of drug-likeness (QED) is 0.867. The number of hydrogen-bond donors (Lipinski definition) is 1. The van der Waals surface area contributed by atoms with Crippen LogP contribution in [0.25, 0.3) is 0 Å². The van der Waals surface area contributed by atoms with Crippen molar-refractivity contribution in [2.75, 3.05) is 7.11 Å². The van der Waals surface area contributed by atoms with Crippen LogP contribution in [0.3, 0.4) is 0 Å². The Kier molecular flexibility index (Phi) is 4.42. The molecule has 0 aliphatic heterocycles. The Labute approximate surface area is 113 Å². The van der Waals surface area contributed by atoms with Gasteiger partial charge in [-0.3, -0.25) is 0 Å². The largest absolute Gasteiger partial charge is 0.573 e. The number of carboxylic acids is 1. The summed E-state index contributed by atoms with van der Waals surface area (Å²) in [7, 11) is 0.529. The molecule has 0 fully saturated rings. The van der Waals surface area contributed by atoms with Crippen LogP contribution in [0.15, 0.2) is 24.3 Å². The Morgan fingerprint density at radius 2 is 1.52 bits per heavy atom. The molecule has 0 saturated carbocycles. The highest BCUT2D eigenvalue weighted by molar-refractivity contribution is 5.80. The smallest absolute Gasteiger partial charge is 0.479 e. The van der Waals surface area contributed by atoms with Gasteiger partial charge in [-0.05, 0) is 12.1 Å². The summed E-state index contributed by atoms with van der Waals surface area (Å²) in [6, 6.07) is 2.19. The van der Waals surface area contributed by atoms with Crippen LogP contribution in [0.2, 0.25) is 0 Å². The van der Waals surface area contributed by atoms with E-state index in [-0.39, 0.29) is 0 Å². The molecule has 0 aliphatic carbocycles. The average molecular weight is 318 g/mol. The highest BCUT2D eigenvalue weighted by Crippen LogP contribution is 2.42. The van der Waals surface area contributed by atoms with E-state index >= 15 is 0 Å². The van der Waals surface area contributed by atoms with Gasteiger partial charge >= 0.3 is 18.5 Å². The molecule has 4 nitrogen and oxygen atoms in total. The van der Waals surface area contributed by atoms with E-state index in [1.54, 1.807) is 0 Å². The molecule has 1 unspecified atom stereocenters. The minimum Gasteiger partial charge on any atom is -0.479 e. The fourth-order valence-corrected chi connectivity index (χ4v) is 1.62. The Hall–Kier alpha value is -1.97. The normalized spacial score (nSPS) is 15.4. The number of hydrogen-bond acceptors (Lipinski definition) is 3. The van der Waals surface area contributed by atoms with Crippen molar-refractivity contribution in [3.63, 3.8) is 0 Å². The van der Waals surface area contributed by atoms with E-state index in [1.165, 1.54) is 0 Å². The molecule has 1 aromatic rings. The van der Waals surface area contributed by atoms with Crippen LogP contribution >= 0.6 is 0 Å². The van der Waals surface area contributed by atoms with Crippen LogP contribution in [0.5, 0.6) is 5.75 Å². The summed E-state index contributed by atoms with van der Waals surface area (Å²) in [6.07, 6.45) is -10.3. The minimum atomic E-state index is -5.32. The lowest BCUT2D eigenvalue weighted by molar-refractivity contribution is -0.276. The van der Waals surface area contributed by atoms with Crippen molar-refractivity contribution in [3.05, 3.63) is 29.8 Å². The second-order valence-corrected chi connectivity index (χ2v) is 3.76. The molecule has 1 aromatic carbocycles. The second kappa shape index (κ2) is 5.43. The van der Waals surface area contributed by atoms with E-state index in [4.69, 9.17) is 5.11 Å². The maximum Gasteiger partial charge on any atom is 0.573 e. The van der Waals surface area contributed by atoms with Crippen molar-refractivity contribution in [2.45, 2.75) is 18.1 Å². The first-order valence-corrected chi connectivity index (χ1v) is 5.15. The maximum atomic E-state index is 13.0. The maximum absolute atomic E-state index is 13.0. The van der Waals surface area contributed by atoms with Crippen LogP contribution in [-0.2, 0) is 15.1 Å². The zero-order chi connectivity index (χ0) is 16.5. The third-order valence-corrected chi connectivity index (χ3v) is 2.50. The van der Waals surface area contributed by atoms with Gasteiger partial charge in [0.25, 0.3) is 5.60 Å². The summed E-state index contributed by atoms with van der Waals surface area (Å²) in [5, 5.41) is 8.81. The predicted molar refractivity (Wildman–Crippen MR) is 55.5 cm³/mol. The number of halogens is 6. The number of rotatable bonds is 4. The van der Waals surface area contributed by atoms with Gasteiger partial charge < -0.3 is 14.6 Å². The SMILES string of the molecule is COC(C(=O)O)(c1ccc(OC(F)(F)F)cc1)C(F)(F)F. The molecule has 0 aliphatic rings. The van der Waals surface area contributed by atoms with Gasteiger partial charge in [0, 0.05) is 12.7 Å². The zero-order valence-electron chi connectivity index (χ0n) is 10.2.